The summed E-state index contributed by atoms with van der Waals surface area (Å²) in [5.74, 6) is 0.684. The van der Waals surface area contributed by atoms with Crippen LogP contribution in [0.2, 0.25) is 0 Å². The lowest BCUT2D eigenvalue weighted by Gasteiger charge is -2.42. The van der Waals surface area contributed by atoms with Crippen molar-refractivity contribution in [3.63, 3.8) is 0 Å². The van der Waals surface area contributed by atoms with E-state index < -0.39 is 5.79 Å². The topological polar surface area (TPSA) is 55.8 Å². The summed E-state index contributed by atoms with van der Waals surface area (Å²) < 4.78 is 11.8. The fourth-order valence-corrected chi connectivity index (χ4v) is 4.69. The zero-order valence-electron chi connectivity index (χ0n) is 11.7. The van der Waals surface area contributed by atoms with Gasteiger partial charge in [-0.2, -0.15) is 0 Å². The van der Waals surface area contributed by atoms with E-state index in [0.717, 1.165) is 38.5 Å². The maximum absolute atomic E-state index is 12.2. The molecule has 4 heteroatoms. The predicted octanol–water partition coefficient (Wildman–Crippen LogP) is 1.90. The van der Waals surface area contributed by atoms with Crippen molar-refractivity contribution in [1.29, 1.82) is 0 Å². The van der Waals surface area contributed by atoms with Crippen LogP contribution in [0.15, 0.2) is 0 Å². The van der Waals surface area contributed by atoms with E-state index in [4.69, 9.17) is 14.6 Å². The molecule has 0 amide bonds. The van der Waals surface area contributed by atoms with Crippen LogP contribution in [-0.4, -0.2) is 36.5 Å². The van der Waals surface area contributed by atoms with E-state index in [1.54, 1.807) is 6.92 Å². The number of hydrogen-bond donors (Lipinski definition) is 1. The van der Waals surface area contributed by atoms with Gasteiger partial charge in [0.2, 0.25) is 0 Å². The molecule has 4 nitrogen and oxygen atoms in total. The molecule has 0 aromatic heterocycles. The van der Waals surface area contributed by atoms with Crippen molar-refractivity contribution in [2.45, 2.75) is 51.2 Å². The molecule has 1 spiro atoms. The Morgan fingerprint density at radius 1 is 1.32 bits per heavy atom. The van der Waals surface area contributed by atoms with Crippen LogP contribution in [0.5, 0.6) is 0 Å². The van der Waals surface area contributed by atoms with Crippen LogP contribution in [-0.2, 0) is 14.3 Å². The van der Waals surface area contributed by atoms with E-state index in [0.29, 0.717) is 30.8 Å². The molecular weight excluding hydrogens is 244 g/mol. The molecule has 2 aliphatic carbocycles. The molecule has 1 saturated heterocycles. The summed E-state index contributed by atoms with van der Waals surface area (Å²) in [6.45, 7) is 3.33. The molecule has 3 atom stereocenters. The van der Waals surface area contributed by atoms with Crippen molar-refractivity contribution < 1.29 is 19.4 Å². The average Bonchev–Trinajstić information content (AvgIpc) is 2.96. The summed E-state index contributed by atoms with van der Waals surface area (Å²) in [7, 11) is 0. The Labute approximate surface area is 114 Å². The molecule has 0 radical (unpaired) electrons. The summed E-state index contributed by atoms with van der Waals surface area (Å²) in [5, 5.41) is 9.06. The summed E-state index contributed by atoms with van der Waals surface area (Å²) in [6, 6.07) is 0. The first-order valence-corrected chi connectivity index (χ1v) is 7.53. The Morgan fingerprint density at radius 3 is 2.68 bits per heavy atom. The number of Topliss-reactive ketones (excluding diaryl/α,β-unsaturated/α-hetero) is 1. The largest absolute Gasteiger partial charge is 0.396 e. The average molecular weight is 268 g/mol. The van der Waals surface area contributed by atoms with Gasteiger partial charge in [-0.05, 0) is 44.9 Å². The first-order chi connectivity index (χ1) is 9.13. The van der Waals surface area contributed by atoms with Crippen molar-refractivity contribution in [2.75, 3.05) is 19.8 Å². The Hall–Kier alpha value is -0.450. The van der Waals surface area contributed by atoms with Crippen LogP contribution < -0.4 is 0 Å². The van der Waals surface area contributed by atoms with E-state index in [9.17, 15) is 4.79 Å². The molecule has 1 aliphatic heterocycles. The predicted molar refractivity (Wildman–Crippen MR) is 69.5 cm³/mol. The smallest absolute Gasteiger partial charge is 0.171 e. The van der Waals surface area contributed by atoms with Gasteiger partial charge in [-0.1, -0.05) is 0 Å². The lowest BCUT2D eigenvalue weighted by atomic mass is 9.66. The van der Waals surface area contributed by atoms with Crippen LogP contribution in [0.3, 0.4) is 0 Å². The number of ether oxygens (including phenoxy) is 2. The lowest BCUT2D eigenvalue weighted by molar-refractivity contribution is -0.214. The second-order valence-corrected chi connectivity index (χ2v) is 6.42. The highest BCUT2D eigenvalue weighted by Crippen LogP contribution is 2.61. The molecule has 0 unspecified atom stereocenters. The standard InChI is InChI=1S/C15H24O4/c1-11(17)14-4-5-15(18-7-8-19-15)13(10-14)9-12(14)3-2-6-16/h12-13,16H,2-10H2,1H3/t12-,13+,14+/m0/s1. The second-order valence-electron chi connectivity index (χ2n) is 6.42. The lowest BCUT2D eigenvalue weighted by Crippen LogP contribution is -2.45. The fraction of sp³-hybridized carbons (Fsp3) is 0.933. The maximum atomic E-state index is 12.2. The number of aliphatic hydroxyl groups excluding tert-OH is 1. The number of aliphatic hydroxyl groups is 1. The SMILES string of the molecule is CC(=O)[C@]12CCC3(OCCO3)[C@H](C[C@@H]1CCCO)C2. The van der Waals surface area contributed by atoms with Crippen LogP contribution >= 0.6 is 0 Å². The Bertz CT molecular complexity index is 361. The zero-order valence-corrected chi connectivity index (χ0v) is 11.7. The van der Waals surface area contributed by atoms with Gasteiger partial charge >= 0.3 is 0 Å². The monoisotopic (exact) mass is 268 g/mol. The van der Waals surface area contributed by atoms with E-state index in [-0.39, 0.29) is 12.0 Å². The van der Waals surface area contributed by atoms with E-state index in [1.807, 2.05) is 0 Å². The van der Waals surface area contributed by atoms with Gasteiger partial charge in [-0.3, -0.25) is 4.79 Å². The van der Waals surface area contributed by atoms with Crippen molar-refractivity contribution in [2.24, 2.45) is 17.3 Å². The van der Waals surface area contributed by atoms with Gasteiger partial charge in [0.1, 0.15) is 5.78 Å². The van der Waals surface area contributed by atoms with Gasteiger partial charge in [0.15, 0.2) is 5.79 Å². The van der Waals surface area contributed by atoms with Crippen LogP contribution in [0.4, 0.5) is 0 Å². The zero-order chi connectivity index (χ0) is 13.5. The number of carbonyl (C=O) groups is 1. The fourth-order valence-electron chi connectivity index (χ4n) is 4.69. The van der Waals surface area contributed by atoms with Crippen molar-refractivity contribution in [1.82, 2.24) is 0 Å². The Morgan fingerprint density at radius 2 is 2.05 bits per heavy atom. The quantitative estimate of drug-likeness (QED) is 0.846. The number of carbonyl (C=O) groups excluding carboxylic acids is 1. The van der Waals surface area contributed by atoms with Crippen molar-refractivity contribution in [3.05, 3.63) is 0 Å². The minimum atomic E-state index is -0.396. The number of rotatable bonds is 4. The van der Waals surface area contributed by atoms with E-state index in [1.165, 1.54) is 0 Å². The minimum Gasteiger partial charge on any atom is -0.396 e. The second kappa shape index (κ2) is 4.83. The summed E-state index contributed by atoms with van der Waals surface area (Å²) in [4.78, 5) is 12.2. The highest BCUT2D eigenvalue weighted by molar-refractivity contribution is 5.83. The molecule has 2 saturated carbocycles. The van der Waals surface area contributed by atoms with E-state index >= 15 is 0 Å². The van der Waals surface area contributed by atoms with Gasteiger partial charge in [-0.25, -0.2) is 0 Å². The number of hydrogen-bond acceptors (Lipinski definition) is 4. The van der Waals surface area contributed by atoms with Crippen LogP contribution in [0.25, 0.3) is 0 Å². The molecule has 3 fully saturated rings. The number of ketones is 1. The normalized spacial score (nSPS) is 39.9. The molecule has 19 heavy (non-hydrogen) atoms. The molecule has 108 valence electrons. The minimum absolute atomic E-state index is 0.166. The molecular formula is C15H24O4. The van der Waals surface area contributed by atoms with Gasteiger partial charge in [0.05, 0.1) is 13.2 Å². The maximum Gasteiger partial charge on any atom is 0.171 e. The first kappa shape index (κ1) is 13.5. The van der Waals surface area contributed by atoms with Gasteiger partial charge < -0.3 is 14.6 Å². The van der Waals surface area contributed by atoms with Crippen LogP contribution in [0.1, 0.15) is 45.4 Å². The Kier molecular flexibility index (Phi) is 3.44. The third-order valence-corrected chi connectivity index (χ3v) is 5.69. The molecule has 2 bridgehead atoms. The highest BCUT2D eigenvalue weighted by atomic mass is 16.7. The molecule has 3 aliphatic rings. The summed E-state index contributed by atoms with van der Waals surface area (Å²) in [6.07, 6.45) is 5.41. The number of fused-ring (bicyclic) bond motifs is 3. The molecule has 0 aromatic rings. The first-order valence-electron chi connectivity index (χ1n) is 7.53. The Balaban J connectivity index is 1.82. The summed E-state index contributed by atoms with van der Waals surface area (Å²) in [5.41, 5.74) is -0.166. The molecule has 1 heterocycles. The third-order valence-electron chi connectivity index (χ3n) is 5.69. The molecule has 0 aromatic carbocycles. The summed E-state index contributed by atoms with van der Waals surface area (Å²) >= 11 is 0. The van der Waals surface area contributed by atoms with Gasteiger partial charge in [0.25, 0.3) is 0 Å². The highest BCUT2D eigenvalue weighted by Gasteiger charge is 2.61. The van der Waals surface area contributed by atoms with Crippen molar-refractivity contribution >= 4 is 5.78 Å². The van der Waals surface area contributed by atoms with E-state index in [2.05, 4.69) is 0 Å². The molecule has 1 N–H and O–H groups in total. The third kappa shape index (κ3) is 1.96. The van der Waals surface area contributed by atoms with Gasteiger partial charge in [-0.15, -0.1) is 0 Å². The van der Waals surface area contributed by atoms with Crippen molar-refractivity contribution in [3.8, 4) is 0 Å². The molecule has 3 rings (SSSR count). The van der Waals surface area contributed by atoms with Gasteiger partial charge in [0, 0.05) is 24.4 Å². The van der Waals surface area contributed by atoms with Crippen LogP contribution in [0, 0.1) is 17.3 Å².